The van der Waals surface area contributed by atoms with Gasteiger partial charge in [-0.2, -0.15) is 13.2 Å². The number of nitrogens with one attached hydrogen (secondary N) is 3. The quantitative estimate of drug-likeness (QED) is 0.298. The lowest BCUT2D eigenvalue weighted by Gasteiger charge is -2.43. The maximum Gasteiger partial charge on any atom is 0.433 e. The first-order chi connectivity index (χ1) is 22.0. The second-order valence-electron chi connectivity index (χ2n) is 14.0. The number of halogens is 3. The second kappa shape index (κ2) is 13.6. The van der Waals surface area contributed by atoms with Crippen LogP contribution >= 0.6 is 0 Å². The minimum Gasteiger partial charge on any atom is -0.494 e. The fourth-order valence-corrected chi connectivity index (χ4v) is 7.99. The zero-order chi connectivity index (χ0) is 32.4. The van der Waals surface area contributed by atoms with E-state index in [1.165, 1.54) is 71.2 Å². The number of aromatic nitrogens is 1. The van der Waals surface area contributed by atoms with Gasteiger partial charge in [0.15, 0.2) is 0 Å². The molecule has 1 unspecified atom stereocenters. The van der Waals surface area contributed by atoms with Gasteiger partial charge in [0.05, 0.1) is 29.8 Å². The number of aliphatic hydroxyl groups is 1. The molecule has 2 saturated carbocycles. The van der Waals surface area contributed by atoms with Crippen LogP contribution < -0.4 is 31.3 Å². The van der Waals surface area contributed by atoms with Crippen molar-refractivity contribution in [1.82, 2.24) is 15.6 Å². The molecule has 3 heterocycles. The van der Waals surface area contributed by atoms with Gasteiger partial charge in [-0.25, -0.2) is 4.98 Å². The van der Waals surface area contributed by atoms with E-state index in [9.17, 15) is 23.1 Å². The zero-order valence-corrected chi connectivity index (χ0v) is 26.6. The molecular weight excluding hydrogens is 595 g/mol. The first-order valence-electron chi connectivity index (χ1n) is 16.8. The molecule has 4 aliphatic rings. The molecule has 1 aromatic heterocycles. The van der Waals surface area contributed by atoms with Gasteiger partial charge in [-0.05, 0) is 126 Å². The summed E-state index contributed by atoms with van der Waals surface area (Å²) in [5, 5.41) is 22.6. The monoisotopic (exact) mass is 641 g/mol. The van der Waals surface area contributed by atoms with E-state index in [0.29, 0.717) is 23.4 Å². The fourth-order valence-electron chi connectivity index (χ4n) is 7.99. The number of carbonyl (C=O) groups is 1. The van der Waals surface area contributed by atoms with Gasteiger partial charge in [0.2, 0.25) is 0 Å². The third-order valence-electron chi connectivity index (χ3n) is 11.0. The summed E-state index contributed by atoms with van der Waals surface area (Å²) in [6, 6.07) is 6.65. The van der Waals surface area contributed by atoms with Gasteiger partial charge in [0.1, 0.15) is 17.1 Å². The van der Waals surface area contributed by atoms with Crippen molar-refractivity contribution in [3.63, 3.8) is 0 Å². The number of hydrogen-bond acceptors (Lipinski definition) is 7. The molecule has 0 radical (unpaired) electrons. The molecule has 1 amide bonds. The van der Waals surface area contributed by atoms with Crippen molar-refractivity contribution in [2.75, 3.05) is 38.6 Å². The Labute approximate surface area is 268 Å². The zero-order valence-electron chi connectivity index (χ0n) is 26.6. The topological polar surface area (TPSA) is 108 Å². The van der Waals surface area contributed by atoms with E-state index in [0.717, 1.165) is 60.9 Å². The van der Waals surface area contributed by atoms with Gasteiger partial charge in [-0.1, -0.05) is 12.1 Å². The highest BCUT2D eigenvalue weighted by Crippen LogP contribution is 2.45. The number of ether oxygens (including phenoxy) is 1. The first-order valence-corrected chi connectivity index (χ1v) is 16.8. The Morgan fingerprint density at radius 2 is 1.80 bits per heavy atom. The van der Waals surface area contributed by atoms with Crippen molar-refractivity contribution in [2.24, 2.45) is 22.2 Å². The van der Waals surface area contributed by atoms with Gasteiger partial charge in [-0.15, -0.1) is 0 Å². The second-order valence-corrected chi connectivity index (χ2v) is 14.0. The van der Waals surface area contributed by atoms with Crippen LogP contribution in [0.5, 0.6) is 5.75 Å². The van der Waals surface area contributed by atoms with E-state index >= 15 is 0 Å². The molecule has 6 rings (SSSR count). The summed E-state index contributed by atoms with van der Waals surface area (Å²) in [6.07, 6.45) is 9.85. The molecule has 2 aliphatic heterocycles. The lowest BCUT2D eigenvalue weighted by atomic mass is 9.65. The maximum atomic E-state index is 13.1. The highest BCUT2D eigenvalue weighted by molar-refractivity contribution is 6.03. The third-order valence-corrected chi connectivity index (χ3v) is 11.0. The number of benzene rings is 1. The molecule has 4 N–H and O–H groups in total. The summed E-state index contributed by atoms with van der Waals surface area (Å²) in [5.74, 6) is 0.681. The molecule has 1 spiro atoms. The molecule has 11 heteroatoms. The number of amides is 1. The minimum absolute atomic E-state index is 0.0529. The van der Waals surface area contributed by atoms with Crippen LogP contribution in [0.4, 0.5) is 18.9 Å². The standard InChI is InChI=1S/C35H46F3N5O3/c1-46-30-21-28-25(20-29(30)43-32(44)26-3-2-4-31(42-26)35(36,37)38)19-27(41-28)24-7-12-34(45,13-8-24)22-40-16-9-23-5-10-33(11-6-23)14-17-39-18-15-33/h2-4,19-21,23-24,27,39-40,45H,5-18,22H2,1H3,(H,43,44). The summed E-state index contributed by atoms with van der Waals surface area (Å²) in [7, 11) is 1.46. The summed E-state index contributed by atoms with van der Waals surface area (Å²) < 4.78 is 44.8. The largest absolute Gasteiger partial charge is 0.494 e. The molecule has 2 aromatic rings. The Morgan fingerprint density at radius 1 is 1.07 bits per heavy atom. The van der Waals surface area contributed by atoms with E-state index < -0.39 is 23.4 Å². The van der Waals surface area contributed by atoms with Gasteiger partial charge in [-0.3, -0.25) is 9.79 Å². The van der Waals surface area contributed by atoms with Crippen molar-refractivity contribution in [2.45, 2.75) is 88.4 Å². The van der Waals surface area contributed by atoms with Gasteiger partial charge >= 0.3 is 6.18 Å². The van der Waals surface area contributed by atoms with Gasteiger partial charge in [0.25, 0.3) is 5.91 Å². The smallest absolute Gasteiger partial charge is 0.433 e. The summed E-state index contributed by atoms with van der Waals surface area (Å²) in [6.45, 7) is 3.92. The fraction of sp³-hybridized carbons (Fsp3) is 0.629. The lowest BCUT2D eigenvalue weighted by Crippen LogP contribution is -2.45. The SMILES string of the molecule is COc1cc2c(cc1NC(=O)c1cccc(C(F)(F)F)n1)=CC(C1CCC(O)(CNCCC3CCC4(CCNCC4)CC3)CC1)N=2. The van der Waals surface area contributed by atoms with Crippen molar-refractivity contribution in [1.29, 1.82) is 0 Å². The van der Waals surface area contributed by atoms with Crippen LogP contribution in [-0.4, -0.2) is 60.9 Å². The average Bonchev–Trinajstić information content (AvgIpc) is 3.47. The number of hydrogen-bond donors (Lipinski definition) is 4. The van der Waals surface area contributed by atoms with Gasteiger partial charge in [0, 0.05) is 17.8 Å². The predicted octanol–water partition coefficient (Wildman–Crippen LogP) is 4.60. The van der Waals surface area contributed by atoms with Crippen LogP contribution in [0.15, 0.2) is 35.3 Å². The van der Waals surface area contributed by atoms with E-state index in [1.807, 2.05) is 0 Å². The Bertz CT molecular complexity index is 1510. The van der Waals surface area contributed by atoms with E-state index in [-0.39, 0.29) is 17.7 Å². The molecule has 46 heavy (non-hydrogen) atoms. The van der Waals surface area contributed by atoms with Gasteiger partial charge < -0.3 is 25.8 Å². The first kappa shape index (κ1) is 32.9. The number of piperidine rings is 1. The Hall–Kier alpha value is -3.02. The number of anilines is 1. The van der Waals surface area contributed by atoms with Crippen LogP contribution in [0.25, 0.3) is 6.08 Å². The summed E-state index contributed by atoms with van der Waals surface area (Å²) in [4.78, 5) is 21.2. The van der Waals surface area contributed by atoms with Crippen molar-refractivity contribution < 1.29 is 27.8 Å². The predicted molar refractivity (Wildman–Crippen MR) is 170 cm³/mol. The number of pyridine rings is 1. The molecule has 0 bridgehead atoms. The van der Waals surface area contributed by atoms with Crippen LogP contribution in [-0.2, 0) is 6.18 Å². The number of rotatable bonds is 9. The van der Waals surface area contributed by atoms with Crippen LogP contribution in [0.3, 0.4) is 0 Å². The van der Waals surface area contributed by atoms with E-state index in [4.69, 9.17) is 9.73 Å². The molecule has 2 aliphatic carbocycles. The van der Waals surface area contributed by atoms with Crippen LogP contribution in [0.2, 0.25) is 0 Å². The number of nitrogens with zero attached hydrogens (tertiary/aromatic N) is 2. The molecule has 250 valence electrons. The number of fused-ring (bicyclic) bond motifs is 1. The highest BCUT2D eigenvalue weighted by Gasteiger charge is 2.38. The molecule has 1 saturated heterocycles. The normalized spacial score (nSPS) is 26.2. The van der Waals surface area contributed by atoms with E-state index in [1.54, 1.807) is 12.1 Å². The molecule has 1 atom stereocenters. The minimum atomic E-state index is -4.65. The van der Waals surface area contributed by atoms with E-state index in [2.05, 4.69) is 27.0 Å². The highest BCUT2D eigenvalue weighted by atomic mass is 19.4. The van der Waals surface area contributed by atoms with Crippen LogP contribution in [0.1, 0.15) is 86.8 Å². The summed E-state index contributed by atoms with van der Waals surface area (Å²) >= 11 is 0. The van der Waals surface area contributed by atoms with Crippen molar-refractivity contribution in [3.05, 3.63) is 52.3 Å². The third kappa shape index (κ3) is 7.58. The molecule has 3 fully saturated rings. The van der Waals surface area contributed by atoms with Crippen molar-refractivity contribution in [3.8, 4) is 5.75 Å². The lowest BCUT2D eigenvalue weighted by molar-refractivity contribution is -0.141. The molecule has 1 aromatic carbocycles. The molecule has 8 nitrogen and oxygen atoms in total. The molecular formula is C35H46F3N5O3. The number of methoxy groups -OCH3 is 1. The maximum absolute atomic E-state index is 13.1. The van der Waals surface area contributed by atoms with Crippen LogP contribution in [0, 0.1) is 17.3 Å². The Balaban J connectivity index is 0.993. The Morgan fingerprint density at radius 3 is 2.50 bits per heavy atom. The average molecular weight is 642 g/mol. The Kier molecular flexibility index (Phi) is 9.73. The number of alkyl halides is 3. The number of carbonyl (C=O) groups excluding carboxylic acids is 1. The summed E-state index contributed by atoms with van der Waals surface area (Å²) in [5.41, 5.74) is -1.24. The van der Waals surface area contributed by atoms with Crippen molar-refractivity contribution >= 4 is 17.7 Å².